The first-order chi connectivity index (χ1) is 11.1. The molecule has 0 saturated carbocycles. The molecule has 0 N–H and O–H groups in total. The topological polar surface area (TPSA) is 54.0 Å². The van der Waals surface area contributed by atoms with Gasteiger partial charge in [0.05, 0.1) is 29.6 Å². The zero-order chi connectivity index (χ0) is 18.4. The zero-order valence-corrected chi connectivity index (χ0v) is 17.3. The van der Waals surface area contributed by atoms with Gasteiger partial charge in [-0.25, -0.2) is 0 Å². The van der Waals surface area contributed by atoms with Gasteiger partial charge in [0.15, 0.2) is 0 Å². The third-order valence-electron chi connectivity index (χ3n) is 4.57. The highest BCUT2D eigenvalue weighted by Gasteiger charge is 2.56. The second kappa shape index (κ2) is 9.00. The van der Waals surface area contributed by atoms with Crippen LogP contribution in [-0.2, 0) is 22.9 Å². The molecule has 1 aliphatic rings. The Morgan fingerprint density at radius 3 is 1.92 bits per heavy atom. The molecule has 0 spiro atoms. The molecule has 1 aliphatic heterocycles. The van der Waals surface area contributed by atoms with Crippen molar-refractivity contribution >= 4 is 14.7 Å². The highest BCUT2D eigenvalue weighted by Crippen LogP contribution is 2.59. The Bertz CT molecular complexity index is 450. The van der Waals surface area contributed by atoms with Crippen LogP contribution < -0.4 is 0 Å². The van der Waals surface area contributed by atoms with Gasteiger partial charge in [-0.05, 0) is 54.4 Å². The van der Waals surface area contributed by atoms with Gasteiger partial charge >= 0.3 is 14.7 Å². The molecule has 0 atom stereocenters. The first-order valence-corrected chi connectivity index (χ1v) is 10.6. The van der Waals surface area contributed by atoms with Crippen LogP contribution in [0.1, 0.15) is 74.1 Å². The van der Waals surface area contributed by atoms with E-state index in [4.69, 9.17) is 18.4 Å². The molecule has 24 heavy (non-hydrogen) atoms. The third kappa shape index (κ3) is 5.19. The van der Waals surface area contributed by atoms with Crippen molar-refractivity contribution in [3.63, 3.8) is 0 Å². The number of rotatable bonds is 10. The van der Waals surface area contributed by atoms with E-state index in [1.807, 2.05) is 47.6 Å². The van der Waals surface area contributed by atoms with Crippen molar-refractivity contribution in [2.24, 2.45) is 0 Å². The summed E-state index contributed by atoms with van der Waals surface area (Å²) < 4.78 is 36.6. The lowest BCUT2D eigenvalue weighted by Gasteiger charge is -2.32. The molecule has 5 nitrogen and oxygen atoms in total. The molecule has 0 amide bonds. The normalized spacial score (nSPS) is 20.6. The highest BCUT2D eigenvalue weighted by atomic mass is 31.2. The Morgan fingerprint density at radius 1 is 1.00 bits per heavy atom. The van der Waals surface area contributed by atoms with Crippen LogP contribution in [-0.4, -0.2) is 31.5 Å². The second-order valence-electron chi connectivity index (χ2n) is 7.05. The minimum Gasteiger partial charge on any atom is -0.399 e. The van der Waals surface area contributed by atoms with Crippen LogP contribution in [0.5, 0.6) is 0 Å². The summed E-state index contributed by atoms with van der Waals surface area (Å²) in [7, 11) is -4.14. The molecule has 1 rings (SSSR count). The fourth-order valence-corrected chi connectivity index (χ4v) is 4.24. The SMILES string of the molecule is CCCCC/C=C(/B1OC(C)(C)C(C)(C)O1)P(=O)(OCC)OCC. The molecule has 0 aliphatic carbocycles. The quantitative estimate of drug-likeness (QED) is 0.299. The largest absolute Gasteiger partial charge is 0.502 e. The summed E-state index contributed by atoms with van der Waals surface area (Å²) in [6, 6.07) is 0. The molecule has 0 aromatic carbocycles. The molecule has 1 saturated heterocycles. The van der Waals surface area contributed by atoms with Gasteiger partial charge in [-0.15, -0.1) is 0 Å². The molecule has 140 valence electrons. The Hall–Kier alpha value is -0.125. The summed E-state index contributed by atoms with van der Waals surface area (Å²) in [5.41, 5.74) is -0.993. The van der Waals surface area contributed by atoms with Gasteiger partial charge in [0.25, 0.3) is 0 Å². The van der Waals surface area contributed by atoms with E-state index < -0.39 is 25.9 Å². The van der Waals surface area contributed by atoms with Crippen molar-refractivity contribution in [1.29, 1.82) is 0 Å². The molecule has 0 radical (unpaired) electrons. The average Bonchev–Trinajstić information content (AvgIpc) is 2.67. The molecule has 0 aromatic rings. The number of hydrogen-bond acceptors (Lipinski definition) is 5. The Balaban J connectivity index is 3.12. The summed E-state index contributed by atoms with van der Waals surface area (Å²) in [6.07, 6.45) is 6.02. The first-order valence-electron chi connectivity index (χ1n) is 9.09. The lowest BCUT2D eigenvalue weighted by atomic mass is 9.88. The van der Waals surface area contributed by atoms with Gasteiger partial charge in [0, 0.05) is 0 Å². The molecule has 7 heteroatoms. The number of allylic oxidation sites excluding steroid dienone is 1. The van der Waals surface area contributed by atoms with Crippen molar-refractivity contribution in [2.75, 3.05) is 13.2 Å². The molecule has 1 heterocycles. The van der Waals surface area contributed by atoms with E-state index in [-0.39, 0.29) is 0 Å². The van der Waals surface area contributed by atoms with Crippen molar-refractivity contribution in [3.05, 3.63) is 11.3 Å². The van der Waals surface area contributed by atoms with Gasteiger partial charge < -0.3 is 18.4 Å². The maximum atomic E-state index is 13.3. The van der Waals surface area contributed by atoms with Crippen LogP contribution >= 0.6 is 7.60 Å². The minimum absolute atomic E-state index is 0.309. The predicted molar refractivity (Wildman–Crippen MR) is 99.2 cm³/mol. The third-order valence-corrected chi connectivity index (χ3v) is 6.79. The Kier molecular flexibility index (Phi) is 8.22. The number of unbranched alkanes of at least 4 members (excludes halogenated alkanes) is 3. The highest BCUT2D eigenvalue weighted by molar-refractivity contribution is 7.61. The lowest BCUT2D eigenvalue weighted by Crippen LogP contribution is -2.41. The maximum absolute atomic E-state index is 13.3. The van der Waals surface area contributed by atoms with E-state index in [1.165, 1.54) is 0 Å². The van der Waals surface area contributed by atoms with Gasteiger partial charge in [-0.2, -0.15) is 0 Å². The van der Waals surface area contributed by atoms with Crippen LogP contribution in [0.4, 0.5) is 0 Å². The molecular weight excluding hydrogens is 326 g/mol. The average molecular weight is 360 g/mol. The van der Waals surface area contributed by atoms with Gasteiger partial charge in [0.2, 0.25) is 0 Å². The van der Waals surface area contributed by atoms with Crippen LogP contribution in [0.25, 0.3) is 0 Å². The molecule has 0 aromatic heterocycles. The minimum atomic E-state index is -3.43. The van der Waals surface area contributed by atoms with Gasteiger partial charge in [0.1, 0.15) is 0 Å². The van der Waals surface area contributed by atoms with Crippen molar-refractivity contribution in [3.8, 4) is 0 Å². The van der Waals surface area contributed by atoms with Crippen LogP contribution in [0.15, 0.2) is 11.3 Å². The van der Waals surface area contributed by atoms with E-state index in [1.54, 1.807) is 0 Å². The Morgan fingerprint density at radius 2 is 1.50 bits per heavy atom. The lowest BCUT2D eigenvalue weighted by molar-refractivity contribution is 0.00578. The van der Waals surface area contributed by atoms with E-state index in [0.29, 0.717) is 18.4 Å². The monoisotopic (exact) mass is 360 g/mol. The van der Waals surface area contributed by atoms with Crippen LogP contribution in [0.3, 0.4) is 0 Å². The van der Waals surface area contributed by atoms with E-state index in [9.17, 15) is 4.57 Å². The van der Waals surface area contributed by atoms with Crippen LogP contribution in [0, 0.1) is 0 Å². The first kappa shape index (κ1) is 21.9. The summed E-state index contributed by atoms with van der Waals surface area (Å²) in [4.78, 5) is 0. The van der Waals surface area contributed by atoms with E-state index >= 15 is 0 Å². The Labute approximate surface area is 148 Å². The van der Waals surface area contributed by atoms with Gasteiger partial charge in [-0.3, -0.25) is 4.57 Å². The number of hydrogen-bond donors (Lipinski definition) is 0. The fraction of sp³-hybridized carbons (Fsp3) is 0.882. The summed E-state index contributed by atoms with van der Waals surface area (Å²) in [5.74, 6) is 0. The molecule has 1 fully saturated rings. The van der Waals surface area contributed by atoms with Gasteiger partial charge in [-0.1, -0.05) is 25.8 Å². The van der Waals surface area contributed by atoms with Crippen molar-refractivity contribution in [1.82, 2.24) is 0 Å². The van der Waals surface area contributed by atoms with Crippen LogP contribution in [0.2, 0.25) is 0 Å². The summed E-state index contributed by atoms with van der Waals surface area (Å²) >= 11 is 0. The molecule has 0 unspecified atom stereocenters. The fourth-order valence-electron chi connectivity index (χ4n) is 2.47. The second-order valence-corrected chi connectivity index (χ2v) is 9.07. The molecule has 0 bridgehead atoms. The maximum Gasteiger partial charge on any atom is 0.502 e. The summed E-state index contributed by atoms with van der Waals surface area (Å²) in [5, 5.41) is 0.501. The zero-order valence-electron chi connectivity index (χ0n) is 16.4. The van der Waals surface area contributed by atoms with Crippen molar-refractivity contribution < 1.29 is 22.9 Å². The smallest absolute Gasteiger partial charge is 0.399 e. The van der Waals surface area contributed by atoms with E-state index in [0.717, 1.165) is 25.7 Å². The predicted octanol–water partition coefficient (Wildman–Crippen LogP) is 5.35. The molecular formula is C17H34BO5P. The van der Waals surface area contributed by atoms with Crippen molar-refractivity contribution in [2.45, 2.75) is 85.4 Å². The van der Waals surface area contributed by atoms with E-state index in [2.05, 4.69) is 6.92 Å². The standard InChI is InChI=1S/C17H34BO5P/c1-8-11-12-13-14-15(24(19,20-9-2)21-10-3)18-22-16(4,5)17(6,7)23-18/h14H,8-13H2,1-7H3/b15-14-. The summed E-state index contributed by atoms with van der Waals surface area (Å²) in [6.45, 7) is 14.3.